The summed E-state index contributed by atoms with van der Waals surface area (Å²) in [6, 6.07) is 4.35. The van der Waals surface area contributed by atoms with Crippen molar-refractivity contribution in [3.05, 3.63) is 47.8 Å². The first-order valence-corrected chi connectivity index (χ1v) is 8.58. The minimum atomic E-state index is -1.43. The maximum absolute atomic E-state index is 13.2. The van der Waals surface area contributed by atoms with Crippen LogP contribution in [0, 0.1) is 17.7 Å². The number of phenolic OH excluding ortho intramolecular Hbond substituents is 3. The number of aromatic hydroxyl groups is 3. The van der Waals surface area contributed by atoms with Crippen molar-refractivity contribution >= 4 is 23.5 Å². The van der Waals surface area contributed by atoms with Crippen molar-refractivity contribution in [1.29, 1.82) is 0 Å². The SMILES string of the molecule is O=C(O)[C@@H]1N[C@H](c2ccc(O)c(O)c2O)[C@H]2C(=O)N(c3ccc(F)cc3)C(=O)[C@@H]21. The van der Waals surface area contributed by atoms with E-state index in [0.29, 0.717) is 0 Å². The van der Waals surface area contributed by atoms with Gasteiger partial charge in [0.25, 0.3) is 0 Å². The molecule has 0 aliphatic carbocycles. The third kappa shape index (κ3) is 2.68. The lowest BCUT2D eigenvalue weighted by Gasteiger charge is -2.22. The third-order valence-electron chi connectivity index (χ3n) is 5.32. The fraction of sp³-hybridized carbons (Fsp3) is 0.211. The average Bonchev–Trinajstić information content (AvgIpc) is 3.19. The number of benzene rings is 2. The van der Waals surface area contributed by atoms with E-state index in [4.69, 9.17) is 0 Å². The lowest BCUT2D eigenvalue weighted by molar-refractivity contribution is -0.142. The van der Waals surface area contributed by atoms with E-state index in [1.54, 1.807) is 0 Å². The van der Waals surface area contributed by atoms with Crippen LogP contribution in [-0.2, 0) is 14.4 Å². The number of nitrogens with one attached hydrogen (secondary N) is 1. The Bertz CT molecular complexity index is 1040. The van der Waals surface area contributed by atoms with Crippen LogP contribution in [0.2, 0.25) is 0 Å². The van der Waals surface area contributed by atoms with Gasteiger partial charge in [-0.05, 0) is 36.4 Å². The Morgan fingerprint density at radius 1 is 0.931 bits per heavy atom. The molecule has 2 amide bonds. The van der Waals surface area contributed by atoms with Gasteiger partial charge < -0.3 is 20.4 Å². The number of hydrogen-bond acceptors (Lipinski definition) is 7. The van der Waals surface area contributed by atoms with E-state index >= 15 is 0 Å². The second-order valence-corrected chi connectivity index (χ2v) is 6.87. The number of amides is 2. The number of carbonyl (C=O) groups excluding carboxylic acids is 2. The van der Waals surface area contributed by atoms with E-state index in [0.717, 1.165) is 23.1 Å². The van der Waals surface area contributed by atoms with E-state index in [2.05, 4.69) is 5.32 Å². The van der Waals surface area contributed by atoms with E-state index in [1.165, 1.54) is 18.2 Å². The van der Waals surface area contributed by atoms with E-state index in [-0.39, 0.29) is 11.3 Å². The number of fused-ring (bicyclic) bond motifs is 1. The summed E-state index contributed by atoms with van der Waals surface area (Å²) in [7, 11) is 0. The molecule has 0 bridgehead atoms. The first-order chi connectivity index (χ1) is 13.7. The summed E-state index contributed by atoms with van der Waals surface area (Å²) in [5.74, 6) is -8.05. The van der Waals surface area contributed by atoms with Crippen LogP contribution in [0.25, 0.3) is 0 Å². The van der Waals surface area contributed by atoms with Crippen LogP contribution in [0.1, 0.15) is 11.6 Å². The van der Waals surface area contributed by atoms with Gasteiger partial charge in [0, 0.05) is 11.6 Å². The Morgan fingerprint density at radius 3 is 2.17 bits per heavy atom. The van der Waals surface area contributed by atoms with Gasteiger partial charge >= 0.3 is 5.97 Å². The number of carboxylic acids is 1. The summed E-state index contributed by atoms with van der Waals surface area (Å²) >= 11 is 0. The summed E-state index contributed by atoms with van der Waals surface area (Å²) in [6.45, 7) is 0. The zero-order valence-corrected chi connectivity index (χ0v) is 14.6. The Labute approximate surface area is 162 Å². The highest BCUT2D eigenvalue weighted by atomic mass is 19.1. The first-order valence-electron chi connectivity index (χ1n) is 8.58. The third-order valence-corrected chi connectivity index (χ3v) is 5.32. The minimum Gasteiger partial charge on any atom is -0.504 e. The number of carboxylic acid groups (broad SMARTS) is 1. The summed E-state index contributed by atoms with van der Waals surface area (Å²) in [4.78, 5) is 38.5. The van der Waals surface area contributed by atoms with Crippen LogP contribution in [0.4, 0.5) is 10.1 Å². The molecular formula is C19H15FN2O7. The van der Waals surface area contributed by atoms with Gasteiger partial charge in [-0.1, -0.05) is 0 Å². The second kappa shape index (κ2) is 6.45. The number of rotatable bonds is 3. The molecule has 0 radical (unpaired) electrons. The lowest BCUT2D eigenvalue weighted by atomic mass is 9.86. The van der Waals surface area contributed by atoms with Gasteiger partial charge in [-0.2, -0.15) is 0 Å². The van der Waals surface area contributed by atoms with Crippen LogP contribution < -0.4 is 10.2 Å². The molecule has 4 rings (SSSR count). The number of imide groups is 1. The Hall–Kier alpha value is -3.66. The standard InChI is InChI=1S/C19H15FN2O7/c20-7-1-3-8(4-2-7)22-17(26)11-12(18(22)27)14(19(28)29)21-13(11)9-5-6-10(23)16(25)15(9)24/h1-6,11-14,21,23-25H,(H,28,29)/t11-,12-,13+,14+/m0/s1. The summed E-state index contributed by atoms with van der Waals surface area (Å²) in [5.41, 5.74) is 0.0534. The average molecular weight is 402 g/mol. The molecule has 2 heterocycles. The highest BCUT2D eigenvalue weighted by molar-refractivity contribution is 6.23. The maximum Gasteiger partial charge on any atom is 0.321 e. The second-order valence-electron chi connectivity index (χ2n) is 6.87. The number of halogens is 1. The van der Waals surface area contributed by atoms with Gasteiger partial charge in [-0.25, -0.2) is 9.29 Å². The van der Waals surface area contributed by atoms with Gasteiger partial charge in [0.05, 0.1) is 17.5 Å². The van der Waals surface area contributed by atoms with E-state index in [9.17, 15) is 39.2 Å². The molecule has 2 aromatic carbocycles. The van der Waals surface area contributed by atoms with Crippen LogP contribution in [0.5, 0.6) is 17.2 Å². The largest absolute Gasteiger partial charge is 0.504 e. The molecule has 0 aromatic heterocycles. The summed E-state index contributed by atoms with van der Waals surface area (Å²) < 4.78 is 13.2. The molecule has 2 aliphatic rings. The molecular weight excluding hydrogens is 387 g/mol. The highest BCUT2D eigenvalue weighted by Crippen LogP contribution is 2.49. The molecule has 0 saturated carbocycles. The number of hydrogen-bond donors (Lipinski definition) is 5. The molecule has 5 N–H and O–H groups in total. The van der Waals surface area contributed by atoms with Gasteiger partial charge in [0.1, 0.15) is 11.9 Å². The van der Waals surface area contributed by atoms with E-state index in [1.807, 2.05) is 0 Å². The van der Waals surface area contributed by atoms with Crippen LogP contribution >= 0.6 is 0 Å². The van der Waals surface area contributed by atoms with Crippen molar-refractivity contribution in [2.75, 3.05) is 4.90 Å². The van der Waals surface area contributed by atoms with Crippen LogP contribution in [-0.4, -0.2) is 44.3 Å². The molecule has 4 atom stereocenters. The molecule has 0 spiro atoms. The smallest absolute Gasteiger partial charge is 0.321 e. The number of phenols is 3. The zero-order chi connectivity index (χ0) is 21.0. The summed E-state index contributed by atoms with van der Waals surface area (Å²) in [6.07, 6.45) is 0. The Morgan fingerprint density at radius 2 is 1.55 bits per heavy atom. The molecule has 2 saturated heterocycles. The van der Waals surface area contributed by atoms with Gasteiger partial charge in [-0.15, -0.1) is 0 Å². The van der Waals surface area contributed by atoms with Crippen molar-refractivity contribution in [2.45, 2.75) is 12.1 Å². The number of carbonyl (C=O) groups is 3. The number of anilines is 1. The molecule has 0 unspecified atom stereocenters. The van der Waals surface area contributed by atoms with Gasteiger partial charge in [0.15, 0.2) is 11.5 Å². The topological polar surface area (TPSA) is 147 Å². The first kappa shape index (κ1) is 18.7. The quantitative estimate of drug-likeness (QED) is 0.375. The van der Waals surface area contributed by atoms with Gasteiger partial charge in [0.2, 0.25) is 17.6 Å². The minimum absolute atomic E-state index is 0.0406. The van der Waals surface area contributed by atoms with Crippen molar-refractivity contribution < 1.29 is 39.2 Å². The van der Waals surface area contributed by atoms with Crippen molar-refractivity contribution in [1.82, 2.24) is 5.32 Å². The fourth-order valence-corrected chi connectivity index (χ4v) is 4.00. The molecule has 2 aromatic rings. The predicted molar refractivity (Wildman–Crippen MR) is 94.6 cm³/mol. The van der Waals surface area contributed by atoms with Crippen molar-refractivity contribution in [3.63, 3.8) is 0 Å². The zero-order valence-electron chi connectivity index (χ0n) is 14.6. The van der Waals surface area contributed by atoms with Crippen molar-refractivity contribution in [2.24, 2.45) is 11.8 Å². The molecule has 29 heavy (non-hydrogen) atoms. The predicted octanol–water partition coefficient (Wildman–Crippen LogP) is 0.846. The number of aliphatic carboxylic acids is 1. The van der Waals surface area contributed by atoms with E-state index < -0.39 is 64.8 Å². The van der Waals surface area contributed by atoms with Gasteiger partial charge in [-0.3, -0.25) is 19.7 Å². The molecule has 9 nitrogen and oxygen atoms in total. The fourth-order valence-electron chi connectivity index (χ4n) is 4.00. The van der Waals surface area contributed by atoms with Crippen LogP contribution in [0.3, 0.4) is 0 Å². The monoisotopic (exact) mass is 402 g/mol. The Kier molecular flexibility index (Phi) is 4.16. The molecule has 150 valence electrons. The molecule has 2 aliphatic heterocycles. The Balaban J connectivity index is 1.81. The van der Waals surface area contributed by atoms with Crippen molar-refractivity contribution in [3.8, 4) is 17.2 Å². The normalized spacial score (nSPS) is 26.0. The highest BCUT2D eigenvalue weighted by Gasteiger charge is 2.61. The maximum atomic E-state index is 13.2. The molecule has 2 fully saturated rings. The number of nitrogens with zero attached hydrogens (tertiary/aromatic N) is 1. The lowest BCUT2D eigenvalue weighted by Crippen LogP contribution is -2.43. The summed E-state index contributed by atoms with van der Waals surface area (Å²) in [5, 5.41) is 41.7. The van der Waals surface area contributed by atoms with Crippen LogP contribution in [0.15, 0.2) is 36.4 Å². The molecule has 10 heteroatoms.